The molecule has 0 aliphatic rings. The van der Waals surface area contributed by atoms with E-state index in [1.165, 1.54) is 0 Å². The van der Waals surface area contributed by atoms with Crippen molar-refractivity contribution in [2.75, 3.05) is 0 Å². The number of nitrogens with zero attached hydrogens (tertiary/aromatic N) is 2. The van der Waals surface area contributed by atoms with Crippen LogP contribution in [0.15, 0.2) is 12.4 Å². The van der Waals surface area contributed by atoms with Crippen LogP contribution in [0.3, 0.4) is 0 Å². The van der Waals surface area contributed by atoms with E-state index < -0.39 is 0 Å². The number of aryl methyl sites for hydroxylation is 1. The molecule has 1 atom stereocenters. The van der Waals surface area contributed by atoms with E-state index in [9.17, 15) is 0 Å². The minimum Gasteiger partial charge on any atom is -0.258 e. The molecule has 0 aliphatic carbocycles. The first kappa shape index (κ1) is 7.66. The van der Waals surface area contributed by atoms with Gasteiger partial charge in [0.2, 0.25) is 0 Å². The third kappa shape index (κ3) is 1.77. The summed E-state index contributed by atoms with van der Waals surface area (Å²) in [6.45, 7) is 3.95. The molecule has 0 spiro atoms. The Morgan fingerprint density at radius 2 is 2.10 bits per heavy atom. The largest absolute Gasteiger partial charge is 0.258 e. The van der Waals surface area contributed by atoms with Crippen LogP contribution in [0.4, 0.5) is 0 Å². The second-order valence-corrected chi connectivity index (χ2v) is 3.57. The molecule has 0 saturated heterocycles. The molecular weight excluding hydrogens is 192 g/mol. The summed E-state index contributed by atoms with van der Waals surface area (Å²) in [5.74, 6) is 0. The molecule has 1 aromatic heterocycles. The van der Waals surface area contributed by atoms with Gasteiger partial charge in [0.05, 0.1) is 16.2 Å². The zero-order chi connectivity index (χ0) is 7.56. The number of hydrogen-bond donors (Lipinski definition) is 0. The van der Waals surface area contributed by atoms with Crippen LogP contribution < -0.4 is 0 Å². The monoisotopic (exact) mass is 200 g/mol. The van der Waals surface area contributed by atoms with E-state index in [4.69, 9.17) is 0 Å². The van der Waals surface area contributed by atoms with Crippen molar-refractivity contribution in [2.45, 2.75) is 18.7 Å². The van der Waals surface area contributed by atoms with Gasteiger partial charge in [0, 0.05) is 12.4 Å². The van der Waals surface area contributed by atoms with E-state index in [-0.39, 0.29) is 0 Å². The normalized spacial score (nSPS) is 13.1. The fraction of sp³-hybridized carbons (Fsp3) is 0.429. The molecular formula is C7H9BrN2. The molecule has 1 heterocycles. The highest BCUT2D eigenvalue weighted by molar-refractivity contribution is 9.09. The topological polar surface area (TPSA) is 25.8 Å². The molecule has 2 nitrogen and oxygen atoms in total. The van der Waals surface area contributed by atoms with E-state index in [0.717, 1.165) is 11.4 Å². The summed E-state index contributed by atoms with van der Waals surface area (Å²) in [5, 5.41) is 0. The van der Waals surface area contributed by atoms with E-state index >= 15 is 0 Å². The zero-order valence-electron chi connectivity index (χ0n) is 6.00. The van der Waals surface area contributed by atoms with Crippen molar-refractivity contribution >= 4 is 15.9 Å². The second kappa shape index (κ2) is 3.10. The van der Waals surface area contributed by atoms with Gasteiger partial charge in [-0.15, -0.1) is 0 Å². The average Bonchev–Trinajstić information content (AvgIpc) is 1.88. The highest BCUT2D eigenvalue weighted by Gasteiger charge is 2.00. The van der Waals surface area contributed by atoms with Crippen LogP contribution >= 0.6 is 15.9 Å². The van der Waals surface area contributed by atoms with Crippen molar-refractivity contribution in [3.8, 4) is 0 Å². The Morgan fingerprint density at radius 3 is 2.50 bits per heavy atom. The molecule has 54 valence electrons. The minimum atomic E-state index is 0.292. The maximum atomic E-state index is 4.17. The number of aromatic nitrogens is 2. The lowest BCUT2D eigenvalue weighted by Gasteiger charge is -1.99. The summed E-state index contributed by atoms with van der Waals surface area (Å²) >= 11 is 3.40. The van der Waals surface area contributed by atoms with Crippen LogP contribution in [0.5, 0.6) is 0 Å². The molecule has 0 aliphatic heterocycles. The van der Waals surface area contributed by atoms with Crippen molar-refractivity contribution in [3.05, 3.63) is 23.8 Å². The lowest BCUT2D eigenvalue weighted by molar-refractivity contribution is 0.970. The first-order valence-corrected chi connectivity index (χ1v) is 4.04. The number of alkyl halides is 1. The maximum absolute atomic E-state index is 4.17. The molecule has 1 rings (SSSR count). The van der Waals surface area contributed by atoms with Crippen LogP contribution in [-0.2, 0) is 0 Å². The van der Waals surface area contributed by atoms with Crippen LogP contribution in [0.25, 0.3) is 0 Å². The number of rotatable bonds is 1. The molecule has 0 N–H and O–H groups in total. The predicted octanol–water partition coefficient (Wildman–Crippen LogP) is 2.24. The van der Waals surface area contributed by atoms with Gasteiger partial charge in [-0.1, -0.05) is 15.9 Å². The van der Waals surface area contributed by atoms with Gasteiger partial charge in [-0.3, -0.25) is 9.97 Å². The molecule has 0 saturated carbocycles. The lowest BCUT2D eigenvalue weighted by Crippen LogP contribution is -1.91. The molecule has 3 heteroatoms. The van der Waals surface area contributed by atoms with Gasteiger partial charge in [-0.05, 0) is 13.8 Å². The number of hydrogen-bond acceptors (Lipinski definition) is 2. The quantitative estimate of drug-likeness (QED) is 0.651. The third-order valence-corrected chi connectivity index (χ3v) is 1.68. The molecule has 10 heavy (non-hydrogen) atoms. The van der Waals surface area contributed by atoms with Crippen LogP contribution in [-0.4, -0.2) is 9.97 Å². The fourth-order valence-electron chi connectivity index (χ4n) is 0.608. The Kier molecular flexibility index (Phi) is 2.38. The first-order chi connectivity index (χ1) is 4.70. The zero-order valence-corrected chi connectivity index (χ0v) is 7.59. The molecule has 1 aromatic rings. The Balaban J connectivity index is 2.89. The SMILES string of the molecule is Cc1cnc(C(C)Br)cn1. The molecule has 0 fully saturated rings. The van der Waals surface area contributed by atoms with Crippen LogP contribution in [0.1, 0.15) is 23.1 Å². The maximum Gasteiger partial charge on any atom is 0.0720 e. The van der Waals surface area contributed by atoms with Crippen molar-refractivity contribution in [2.24, 2.45) is 0 Å². The van der Waals surface area contributed by atoms with Crippen molar-refractivity contribution in [3.63, 3.8) is 0 Å². The summed E-state index contributed by atoms with van der Waals surface area (Å²) in [6, 6.07) is 0. The van der Waals surface area contributed by atoms with E-state index in [0.29, 0.717) is 4.83 Å². The van der Waals surface area contributed by atoms with E-state index in [1.807, 2.05) is 13.8 Å². The summed E-state index contributed by atoms with van der Waals surface area (Å²) in [6.07, 6.45) is 3.56. The standard InChI is InChI=1S/C7H9BrN2/c1-5-3-10-7(4-9-5)6(2)8/h3-4,6H,1-2H3. The third-order valence-electron chi connectivity index (χ3n) is 1.21. The summed E-state index contributed by atoms with van der Waals surface area (Å²) in [4.78, 5) is 8.57. The van der Waals surface area contributed by atoms with Gasteiger partial charge < -0.3 is 0 Å². The van der Waals surface area contributed by atoms with Gasteiger partial charge in [0.15, 0.2) is 0 Å². The van der Waals surface area contributed by atoms with Gasteiger partial charge in [0.25, 0.3) is 0 Å². The number of halogens is 1. The smallest absolute Gasteiger partial charge is 0.0720 e. The molecule has 1 unspecified atom stereocenters. The van der Waals surface area contributed by atoms with Crippen molar-refractivity contribution in [1.29, 1.82) is 0 Å². The highest BCUT2D eigenvalue weighted by atomic mass is 79.9. The average molecular weight is 201 g/mol. The van der Waals surface area contributed by atoms with Gasteiger partial charge in [-0.2, -0.15) is 0 Å². The fourth-order valence-corrected chi connectivity index (χ4v) is 0.844. The second-order valence-electron chi connectivity index (χ2n) is 2.20. The van der Waals surface area contributed by atoms with Crippen molar-refractivity contribution in [1.82, 2.24) is 9.97 Å². The van der Waals surface area contributed by atoms with Gasteiger partial charge >= 0.3 is 0 Å². The van der Waals surface area contributed by atoms with Gasteiger partial charge in [0.1, 0.15) is 0 Å². The summed E-state index contributed by atoms with van der Waals surface area (Å²) in [5.41, 5.74) is 1.93. The molecule has 0 aromatic carbocycles. The Hall–Kier alpha value is -0.440. The summed E-state index contributed by atoms with van der Waals surface area (Å²) < 4.78 is 0. The van der Waals surface area contributed by atoms with Crippen LogP contribution in [0, 0.1) is 6.92 Å². The van der Waals surface area contributed by atoms with Crippen molar-refractivity contribution < 1.29 is 0 Å². The lowest BCUT2D eigenvalue weighted by atomic mass is 10.3. The Morgan fingerprint density at radius 1 is 1.40 bits per heavy atom. The minimum absolute atomic E-state index is 0.292. The van der Waals surface area contributed by atoms with Crippen LogP contribution in [0.2, 0.25) is 0 Å². The van der Waals surface area contributed by atoms with E-state index in [1.54, 1.807) is 12.4 Å². The molecule has 0 bridgehead atoms. The van der Waals surface area contributed by atoms with Gasteiger partial charge in [-0.25, -0.2) is 0 Å². The summed E-state index contributed by atoms with van der Waals surface area (Å²) in [7, 11) is 0. The Bertz CT molecular complexity index is 205. The Labute approximate surface area is 68.8 Å². The predicted molar refractivity (Wildman–Crippen MR) is 44.1 cm³/mol. The van der Waals surface area contributed by atoms with E-state index in [2.05, 4.69) is 25.9 Å². The molecule has 0 radical (unpaired) electrons. The first-order valence-electron chi connectivity index (χ1n) is 3.13. The highest BCUT2D eigenvalue weighted by Crippen LogP contribution is 2.17. The molecule has 0 amide bonds.